The van der Waals surface area contributed by atoms with Gasteiger partial charge in [0.1, 0.15) is 0 Å². The molecule has 0 atom stereocenters. The van der Waals surface area contributed by atoms with Crippen molar-refractivity contribution >= 4 is 43.6 Å². The van der Waals surface area contributed by atoms with E-state index in [9.17, 15) is 0 Å². The molecule has 0 bridgehead atoms. The van der Waals surface area contributed by atoms with Crippen LogP contribution in [0.5, 0.6) is 0 Å². The van der Waals surface area contributed by atoms with Crippen LogP contribution in [0.25, 0.3) is 43.6 Å². The van der Waals surface area contributed by atoms with Gasteiger partial charge in [-0.05, 0) is 22.2 Å². The van der Waals surface area contributed by atoms with Gasteiger partial charge in [-0.3, -0.25) is 0 Å². The third-order valence-corrected chi connectivity index (χ3v) is 3.89. The highest BCUT2D eigenvalue weighted by atomic mass is 15.2. The quantitative estimate of drug-likeness (QED) is 0.448. The van der Waals surface area contributed by atoms with E-state index in [1.807, 2.05) is 0 Å². The zero-order valence-corrected chi connectivity index (χ0v) is 10.0. The molecule has 0 saturated carbocycles. The van der Waals surface area contributed by atoms with Crippen molar-refractivity contribution in [3.63, 3.8) is 0 Å². The topological polar surface area (TPSA) is 41.6 Å². The summed E-state index contributed by atoms with van der Waals surface area (Å²) in [6.07, 6.45) is 0. The maximum Gasteiger partial charge on any atom is 0.164 e. The first kappa shape index (κ1) is 9.28. The zero-order chi connectivity index (χ0) is 12.4. The van der Waals surface area contributed by atoms with Crippen molar-refractivity contribution in [2.75, 3.05) is 0 Å². The standard InChI is InChI=1S/C16H9N3/c1-2-4-10-9(3-1)5-6-12-11(10)7-8-13-14-15(12)17-16(14)19-18-13/h1-8H,(H,17,18,19). The number of hydrogen-bond donors (Lipinski definition) is 1. The van der Waals surface area contributed by atoms with Crippen LogP contribution in [0.4, 0.5) is 0 Å². The maximum absolute atomic E-state index is 4.20. The summed E-state index contributed by atoms with van der Waals surface area (Å²) in [6, 6.07) is 17.0. The second-order valence-corrected chi connectivity index (χ2v) is 4.89. The Kier molecular flexibility index (Phi) is 1.47. The molecule has 0 saturated heterocycles. The lowest BCUT2D eigenvalue weighted by atomic mass is 10.0. The van der Waals surface area contributed by atoms with E-state index in [0.29, 0.717) is 0 Å². The molecular formula is C16H9N3. The summed E-state index contributed by atoms with van der Waals surface area (Å²) in [5.41, 5.74) is 3.01. The minimum absolute atomic E-state index is 0.899. The van der Waals surface area contributed by atoms with Gasteiger partial charge in [0.15, 0.2) is 5.65 Å². The van der Waals surface area contributed by atoms with Crippen molar-refractivity contribution in [1.82, 2.24) is 15.2 Å². The number of fused-ring (bicyclic) bond motifs is 4. The molecule has 0 aliphatic heterocycles. The highest BCUT2D eigenvalue weighted by molar-refractivity contribution is 6.22. The van der Waals surface area contributed by atoms with Crippen LogP contribution in [0.3, 0.4) is 0 Å². The smallest absolute Gasteiger partial charge is 0.164 e. The van der Waals surface area contributed by atoms with E-state index in [4.69, 9.17) is 0 Å². The van der Waals surface area contributed by atoms with Crippen LogP contribution >= 0.6 is 0 Å². The Morgan fingerprint density at radius 2 is 1.63 bits per heavy atom. The maximum atomic E-state index is 4.20. The minimum atomic E-state index is 0.899. The lowest BCUT2D eigenvalue weighted by Crippen LogP contribution is -1.85. The molecule has 0 unspecified atom stereocenters. The van der Waals surface area contributed by atoms with Gasteiger partial charge in [-0.25, -0.2) is 0 Å². The molecule has 5 rings (SSSR count). The van der Waals surface area contributed by atoms with Crippen LogP contribution in [0.2, 0.25) is 0 Å². The Morgan fingerprint density at radius 3 is 2.63 bits per heavy atom. The van der Waals surface area contributed by atoms with Crippen LogP contribution in [0.1, 0.15) is 0 Å². The average molecular weight is 243 g/mol. The molecule has 0 aliphatic rings. The molecule has 0 radical (unpaired) electrons. The number of rotatable bonds is 0. The van der Waals surface area contributed by atoms with Crippen molar-refractivity contribution in [2.24, 2.45) is 0 Å². The van der Waals surface area contributed by atoms with Crippen molar-refractivity contribution in [3.8, 4) is 0 Å². The van der Waals surface area contributed by atoms with E-state index in [2.05, 4.69) is 63.7 Å². The fraction of sp³-hybridized carbons (Fsp3) is 0. The van der Waals surface area contributed by atoms with Crippen LogP contribution in [0, 0.1) is 0 Å². The number of benzene rings is 2. The minimum Gasteiger partial charge on any atom is -0.337 e. The Morgan fingerprint density at radius 1 is 0.737 bits per heavy atom. The van der Waals surface area contributed by atoms with Crippen molar-refractivity contribution in [2.45, 2.75) is 0 Å². The van der Waals surface area contributed by atoms with E-state index in [1.165, 1.54) is 21.5 Å². The summed E-state index contributed by atoms with van der Waals surface area (Å²) in [4.78, 5) is 3.31. The average Bonchev–Trinajstić information content (AvgIpc) is 2.68. The van der Waals surface area contributed by atoms with E-state index < -0.39 is 0 Å². The Labute approximate surface area is 108 Å². The van der Waals surface area contributed by atoms with Crippen LogP contribution < -0.4 is 0 Å². The monoisotopic (exact) mass is 243 g/mol. The summed E-state index contributed by atoms with van der Waals surface area (Å²) < 4.78 is 0. The highest BCUT2D eigenvalue weighted by Gasteiger charge is 2.14. The molecule has 3 aromatic carbocycles. The zero-order valence-electron chi connectivity index (χ0n) is 10.0. The predicted molar refractivity (Wildman–Crippen MR) is 77.6 cm³/mol. The summed E-state index contributed by atoms with van der Waals surface area (Å²) in [5, 5.41) is 14.5. The number of H-pyrrole nitrogens is 1. The number of hydrogen-bond acceptors (Lipinski definition) is 2. The molecule has 3 heteroatoms. The fourth-order valence-corrected chi connectivity index (χ4v) is 2.95. The molecule has 0 amide bonds. The lowest BCUT2D eigenvalue weighted by Gasteiger charge is -2.05. The van der Waals surface area contributed by atoms with Gasteiger partial charge in [0.2, 0.25) is 0 Å². The largest absolute Gasteiger partial charge is 0.337 e. The SMILES string of the molecule is c1ccc2c(c1)ccc1c2ccc2nnc3[nH]c1c23. The first-order chi connectivity index (χ1) is 9.42. The van der Waals surface area contributed by atoms with Crippen molar-refractivity contribution in [1.29, 1.82) is 0 Å². The third kappa shape index (κ3) is 1.03. The normalized spacial score (nSPS) is 12.2. The van der Waals surface area contributed by atoms with Gasteiger partial charge in [0.05, 0.1) is 16.4 Å². The Balaban J connectivity index is 2.15. The molecule has 2 heterocycles. The summed E-state index contributed by atoms with van der Waals surface area (Å²) >= 11 is 0. The molecule has 0 spiro atoms. The lowest BCUT2D eigenvalue weighted by molar-refractivity contribution is 1.13. The molecule has 2 aromatic heterocycles. The molecule has 3 nitrogen and oxygen atoms in total. The molecule has 0 aliphatic carbocycles. The molecule has 0 fully saturated rings. The van der Waals surface area contributed by atoms with Gasteiger partial charge in [-0.1, -0.05) is 42.5 Å². The van der Waals surface area contributed by atoms with Gasteiger partial charge < -0.3 is 4.98 Å². The van der Waals surface area contributed by atoms with Gasteiger partial charge in [-0.15, -0.1) is 10.2 Å². The van der Waals surface area contributed by atoms with Gasteiger partial charge in [-0.2, -0.15) is 0 Å². The van der Waals surface area contributed by atoms with E-state index in [-0.39, 0.29) is 0 Å². The number of aromatic nitrogens is 3. The first-order valence-electron chi connectivity index (χ1n) is 6.30. The van der Waals surface area contributed by atoms with E-state index in [0.717, 1.165) is 22.1 Å². The summed E-state index contributed by atoms with van der Waals surface area (Å²) in [6.45, 7) is 0. The van der Waals surface area contributed by atoms with Crippen LogP contribution in [-0.4, -0.2) is 15.2 Å². The first-order valence-corrected chi connectivity index (χ1v) is 6.30. The molecular weight excluding hydrogens is 234 g/mol. The van der Waals surface area contributed by atoms with Crippen molar-refractivity contribution in [3.05, 3.63) is 48.5 Å². The molecule has 1 N–H and O–H groups in total. The van der Waals surface area contributed by atoms with Gasteiger partial charge in [0.25, 0.3) is 0 Å². The van der Waals surface area contributed by atoms with Gasteiger partial charge >= 0.3 is 0 Å². The number of nitrogens with zero attached hydrogens (tertiary/aromatic N) is 2. The Bertz CT molecular complexity index is 1060. The second kappa shape index (κ2) is 3.01. The highest BCUT2D eigenvalue weighted by Crippen LogP contribution is 2.34. The summed E-state index contributed by atoms with van der Waals surface area (Å²) in [5.74, 6) is 0. The number of nitrogens with one attached hydrogen (secondary N) is 1. The number of aromatic amines is 1. The van der Waals surface area contributed by atoms with Crippen LogP contribution in [0.15, 0.2) is 48.5 Å². The molecule has 88 valence electrons. The fourth-order valence-electron chi connectivity index (χ4n) is 2.95. The van der Waals surface area contributed by atoms with Gasteiger partial charge in [0, 0.05) is 5.39 Å². The Hall–Kier alpha value is -2.68. The molecule has 19 heavy (non-hydrogen) atoms. The molecule has 5 aromatic rings. The summed E-state index contributed by atoms with van der Waals surface area (Å²) in [7, 11) is 0. The predicted octanol–water partition coefficient (Wildman–Crippen LogP) is 3.86. The van der Waals surface area contributed by atoms with E-state index in [1.54, 1.807) is 0 Å². The van der Waals surface area contributed by atoms with Crippen molar-refractivity contribution < 1.29 is 0 Å². The second-order valence-electron chi connectivity index (χ2n) is 4.89. The van der Waals surface area contributed by atoms with Crippen LogP contribution in [-0.2, 0) is 0 Å². The third-order valence-electron chi connectivity index (χ3n) is 3.89. The van der Waals surface area contributed by atoms with E-state index >= 15 is 0 Å².